The molecule has 1 aliphatic heterocycles. The van der Waals surface area contributed by atoms with Crippen molar-refractivity contribution in [3.63, 3.8) is 0 Å². The van der Waals surface area contributed by atoms with Crippen LogP contribution in [-0.2, 0) is 4.79 Å². The average Bonchev–Trinajstić information content (AvgIpc) is 2.98. The largest absolute Gasteiger partial charge is 0.490 e. The molecule has 1 heterocycles. The highest BCUT2D eigenvalue weighted by atomic mass is 35.5. The molecule has 1 saturated heterocycles. The van der Waals surface area contributed by atoms with E-state index in [-0.39, 0.29) is 5.91 Å². The summed E-state index contributed by atoms with van der Waals surface area (Å²) in [7, 11) is 0. The summed E-state index contributed by atoms with van der Waals surface area (Å²) in [6.45, 7) is 9.57. The zero-order valence-electron chi connectivity index (χ0n) is 18.1. The lowest BCUT2D eigenvalue weighted by molar-refractivity contribution is -0.121. The Hall–Kier alpha value is -2.02. The third kappa shape index (κ3) is 5.82. The van der Waals surface area contributed by atoms with Crippen molar-refractivity contribution >= 4 is 51.9 Å². The van der Waals surface area contributed by atoms with Gasteiger partial charge in [-0.15, -0.1) is 0 Å². The molecule has 1 amide bonds. The quantitative estimate of drug-likeness (QED) is 0.249. The van der Waals surface area contributed by atoms with Gasteiger partial charge in [-0.2, -0.15) is 0 Å². The van der Waals surface area contributed by atoms with Gasteiger partial charge in [0.1, 0.15) is 29.0 Å². The number of carbonyl (C=O) groups excluding carboxylic acids is 1. The highest BCUT2D eigenvalue weighted by Crippen LogP contribution is 2.35. The van der Waals surface area contributed by atoms with Crippen molar-refractivity contribution in [1.29, 1.82) is 0 Å². The summed E-state index contributed by atoms with van der Waals surface area (Å²) < 4.78 is 12.5. The van der Waals surface area contributed by atoms with Gasteiger partial charge in [0.2, 0.25) is 0 Å². The van der Waals surface area contributed by atoms with Gasteiger partial charge < -0.3 is 9.47 Å². The molecular formula is C24H26ClNO3S2. The van der Waals surface area contributed by atoms with Crippen LogP contribution in [-0.4, -0.2) is 34.9 Å². The molecule has 0 saturated carbocycles. The van der Waals surface area contributed by atoms with E-state index >= 15 is 0 Å². The van der Waals surface area contributed by atoms with Crippen molar-refractivity contribution < 1.29 is 14.3 Å². The minimum atomic E-state index is -0.0904. The Morgan fingerprint density at radius 2 is 1.84 bits per heavy atom. The molecule has 0 bridgehead atoms. The van der Waals surface area contributed by atoms with E-state index in [2.05, 4.69) is 39.0 Å². The maximum absolute atomic E-state index is 12.5. The third-order valence-corrected chi connectivity index (χ3v) is 6.45. The number of thiocarbonyl (C=S) groups is 1. The van der Waals surface area contributed by atoms with Crippen LogP contribution in [0.3, 0.4) is 0 Å². The van der Waals surface area contributed by atoms with Crippen molar-refractivity contribution in [2.75, 3.05) is 19.8 Å². The SMILES string of the molecule is CCN1C(=O)/C(=C/c2cc(Cl)ccc2OCCOc2cc(C)ccc2C(C)C)SC1=S. The predicted octanol–water partition coefficient (Wildman–Crippen LogP) is 6.45. The van der Waals surface area contributed by atoms with Crippen molar-refractivity contribution in [2.45, 2.75) is 33.6 Å². The van der Waals surface area contributed by atoms with Crippen LogP contribution >= 0.6 is 35.6 Å². The van der Waals surface area contributed by atoms with E-state index in [4.69, 9.17) is 33.3 Å². The predicted molar refractivity (Wildman–Crippen MR) is 133 cm³/mol. The van der Waals surface area contributed by atoms with Crippen LogP contribution in [0.5, 0.6) is 11.5 Å². The molecule has 3 rings (SSSR count). The Morgan fingerprint density at radius 1 is 1.13 bits per heavy atom. The summed E-state index contributed by atoms with van der Waals surface area (Å²) in [6, 6.07) is 11.6. The number of ether oxygens (including phenoxy) is 2. The van der Waals surface area contributed by atoms with E-state index in [0.29, 0.717) is 45.7 Å². The maximum atomic E-state index is 12.5. The summed E-state index contributed by atoms with van der Waals surface area (Å²) in [4.78, 5) is 14.7. The maximum Gasteiger partial charge on any atom is 0.266 e. The van der Waals surface area contributed by atoms with E-state index in [1.165, 1.54) is 17.3 Å². The number of halogens is 1. The van der Waals surface area contributed by atoms with Gasteiger partial charge in [0.05, 0.1) is 4.91 Å². The van der Waals surface area contributed by atoms with Gasteiger partial charge in [0.25, 0.3) is 5.91 Å². The monoisotopic (exact) mass is 475 g/mol. The second kappa shape index (κ2) is 10.5. The Balaban J connectivity index is 1.70. The first kappa shape index (κ1) is 23.6. The molecule has 0 radical (unpaired) electrons. The molecule has 0 spiro atoms. The Labute approximate surface area is 198 Å². The lowest BCUT2D eigenvalue weighted by Gasteiger charge is -2.16. The van der Waals surface area contributed by atoms with Crippen LogP contribution in [0, 0.1) is 6.92 Å². The summed E-state index contributed by atoms with van der Waals surface area (Å²) in [6.07, 6.45) is 1.79. The number of thioether (sulfide) groups is 1. The van der Waals surface area contributed by atoms with Gasteiger partial charge in [-0.1, -0.05) is 61.6 Å². The molecule has 1 aliphatic rings. The standard InChI is InChI=1S/C24H26ClNO3S2/c1-5-26-23(27)22(31-24(26)30)14-17-13-18(25)7-9-20(17)28-10-11-29-21-12-16(4)6-8-19(21)15(2)3/h6-9,12-15H,5,10-11H2,1-4H3/b22-14-. The minimum absolute atomic E-state index is 0.0904. The molecule has 0 aliphatic carbocycles. The van der Waals surface area contributed by atoms with E-state index < -0.39 is 0 Å². The molecule has 31 heavy (non-hydrogen) atoms. The molecule has 0 unspecified atom stereocenters. The second-order valence-corrected chi connectivity index (χ2v) is 9.61. The normalized spacial score (nSPS) is 15.3. The Morgan fingerprint density at radius 3 is 2.48 bits per heavy atom. The Bertz CT molecular complexity index is 1020. The summed E-state index contributed by atoms with van der Waals surface area (Å²) in [5.41, 5.74) is 3.07. The molecule has 164 valence electrons. The van der Waals surface area contributed by atoms with Crippen LogP contribution < -0.4 is 9.47 Å². The lowest BCUT2D eigenvalue weighted by Crippen LogP contribution is -2.27. The number of amides is 1. The van der Waals surface area contributed by atoms with Gasteiger partial charge in [0.15, 0.2) is 0 Å². The van der Waals surface area contributed by atoms with E-state index in [1.54, 1.807) is 29.2 Å². The smallest absolute Gasteiger partial charge is 0.266 e. The number of hydrogen-bond acceptors (Lipinski definition) is 5. The molecule has 1 fully saturated rings. The zero-order chi connectivity index (χ0) is 22.5. The number of likely N-dealkylation sites (N-methyl/N-ethyl adjacent to an activating group) is 1. The number of benzene rings is 2. The Kier molecular flexibility index (Phi) is 8.03. The lowest BCUT2D eigenvalue weighted by atomic mass is 10.0. The summed E-state index contributed by atoms with van der Waals surface area (Å²) >= 11 is 12.8. The molecule has 2 aromatic carbocycles. The topological polar surface area (TPSA) is 38.8 Å². The van der Waals surface area contributed by atoms with Gasteiger partial charge in [0, 0.05) is 17.1 Å². The number of nitrogens with zero attached hydrogens (tertiary/aromatic N) is 1. The average molecular weight is 476 g/mol. The van der Waals surface area contributed by atoms with E-state index in [9.17, 15) is 4.79 Å². The first-order chi connectivity index (χ1) is 14.8. The molecule has 7 heteroatoms. The zero-order valence-corrected chi connectivity index (χ0v) is 20.5. The van der Waals surface area contributed by atoms with Gasteiger partial charge in [-0.3, -0.25) is 9.69 Å². The molecule has 0 N–H and O–H groups in total. The minimum Gasteiger partial charge on any atom is -0.490 e. The molecule has 0 atom stereocenters. The van der Waals surface area contributed by atoms with E-state index in [1.807, 2.05) is 6.92 Å². The van der Waals surface area contributed by atoms with Gasteiger partial charge >= 0.3 is 0 Å². The van der Waals surface area contributed by atoms with Crippen molar-refractivity contribution in [1.82, 2.24) is 4.90 Å². The first-order valence-corrected chi connectivity index (χ1v) is 11.8. The van der Waals surface area contributed by atoms with Crippen LogP contribution in [0.2, 0.25) is 5.02 Å². The van der Waals surface area contributed by atoms with Crippen LogP contribution in [0.15, 0.2) is 41.3 Å². The fraction of sp³-hybridized carbons (Fsp3) is 0.333. The summed E-state index contributed by atoms with van der Waals surface area (Å²) in [5.74, 6) is 1.81. The summed E-state index contributed by atoms with van der Waals surface area (Å²) in [5, 5.41) is 0.571. The highest BCUT2D eigenvalue weighted by molar-refractivity contribution is 8.26. The second-order valence-electron chi connectivity index (χ2n) is 7.50. The molecule has 2 aromatic rings. The van der Waals surface area contributed by atoms with Crippen molar-refractivity contribution in [3.05, 3.63) is 63.0 Å². The number of carbonyl (C=O) groups is 1. The van der Waals surface area contributed by atoms with Gasteiger partial charge in [-0.05, 0) is 61.2 Å². The van der Waals surface area contributed by atoms with Crippen LogP contribution in [0.25, 0.3) is 6.08 Å². The van der Waals surface area contributed by atoms with Crippen molar-refractivity contribution in [2.24, 2.45) is 0 Å². The molecular weight excluding hydrogens is 450 g/mol. The highest BCUT2D eigenvalue weighted by Gasteiger charge is 2.30. The number of hydrogen-bond donors (Lipinski definition) is 0. The number of rotatable bonds is 8. The van der Waals surface area contributed by atoms with Crippen LogP contribution in [0.4, 0.5) is 0 Å². The number of aryl methyl sites for hydroxylation is 1. The fourth-order valence-electron chi connectivity index (χ4n) is 3.22. The molecule has 4 nitrogen and oxygen atoms in total. The third-order valence-electron chi connectivity index (χ3n) is 4.84. The first-order valence-electron chi connectivity index (χ1n) is 10.2. The van der Waals surface area contributed by atoms with Gasteiger partial charge in [-0.25, -0.2) is 0 Å². The van der Waals surface area contributed by atoms with Crippen LogP contribution in [0.1, 0.15) is 43.4 Å². The van der Waals surface area contributed by atoms with E-state index in [0.717, 1.165) is 16.9 Å². The van der Waals surface area contributed by atoms with Crippen molar-refractivity contribution in [3.8, 4) is 11.5 Å². The fourth-order valence-corrected chi connectivity index (χ4v) is 4.78. The molecule has 0 aromatic heterocycles.